The second-order valence-corrected chi connectivity index (χ2v) is 5.27. The van der Waals surface area contributed by atoms with E-state index in [1.807, 2.05) is 0 Å². The fourth-order valence-corrected chi connectivity index (χ4v) is 2.31. The predicted octanol–water partition coefficient (Wildman–Crippen LogP) is 3.77. The minimum absolute atomic E-state index is 0.257. The van der Waals surface area contributed by atoms with E-state index in [0.717, 1.165) is 0 Å². The van der Waals surface area contributed by atoms with E-state index in [2.05, 4.69) is 10.5 Å². The molecule has 0 aromatic heterocycles. The first kappa shape index (κ1) is 17.1. The molecule has 0 atom stereocenters. The smallest absolute Gasteiger partial charge is 0.272 e. The number of carbonyl (C=O) groups excluding carboxylic acids is 1. The molecule has 0 spiro atoms. The maximum Gasteiger partial charge on any atom is 0.272 e. The van der Waals surface area contributed by atoms with E-state index in [0.29, 0.717) is 22.1 Å². The molecule has 0 bridgehead atoms. The summed E-state index contributed by atoms with van der Waals surface area (Å²) in [5.74, 6) is 0.804. The van der Waals surface area contributed by atoms with Crippen LogP contribution in [0.1, 0.15) is 15.9 Å². The summed E-state index contributed by atoms with van der Waals surface area (Å²) in [6.07, 6.45) is 1.47. The summed E-state index contributed by atoms with van der Waals surface area (Å²) in [5.41, 5.74) is 3.38. The van der Waals surface area contributed by atoms with Gasteiger partial charge in [0, 0.05) is 16.7 Å². The summed E-state index contributed by atoms with van der Waals surface area (Å²) >= 11 is 11.8. The number of hydrogen-bond acceptors (Lipinski definition) is 4. The lowest BCUT2D eigenvalue weighted by molar-refractivity contribution is 0.0955. The molecule has 0 aliphatic heterocycles. The average molecular weight is 353 g/mol. The Morgan fingerprint density at radius 3 is 2.57 bits per heavy atom. The first-order valence-electron chi connectivity index (χ1n) is 6.55. The summed E-state index contributed by atoms with van der Waals surface area (Å²) < 4.78 is 10.4. The Morgan fingerprint density at radius 1 is 1.13 bits per heavy atom. The number of ether oxygens (including phenoxy) is 2. The zero-order chi connectivity index (χ0) is 16.8. The number of rotatable bonds is 5. The van der Waals surface area contributed by atoms with Crippen molar-refractivity contribution in [2.45, 2.75) is 0 Å². The number of nitrogens with one attached hydrogen (secondary N) is 1. The minimum Gasteiger partial charge on any atom is -0.497 e. The molecule has 2 aromatic carbocycles. The van der Waals surface area contributed by atoms with Crippen molar-refractivity contribution in [3.63, 3.8) is 0 Å². The van der Waals surface area contributed by atoms with Crippen molar-refractivity contribution in [2.75, 3.05) is 14.2 Å². The van der Waals surface area contributed by atoms with E-state index in [1.54, 1.807) is 31.4 Å². The highest BCUT2D eigenvalue weighted by Crippen LogP contribution is 2.23. The summed E-state index contributed by atoms with van der Waals surface area (Å²) in [6, 6.07) is 9.86. The Morgan fingerprint density at radius 2 is 1.91 bits per heavy atom. The highest BCUT2D eigenvalue weighted by Gasteiger charge is 2.10. The summed E-state index contributed by atoms with van der Waals surface area (Å²) in [4.78, 5) is 12.0. The van der Waals surface area contributed by atoms with Gasteiger partial charge in [-0.15, -0.1) is 0 Å². The lowest BCUT2D eigenvalue weighted by atomic mass is 10.2. The van der Waals surface area contributed by atoms with Gasteiger partial charge in [0.1, 0.15) is 11.5 Å². The number of carbonyl (C=O) groups is 1. The van der Waals surface area contributed by atoms with Gasteiger partial charge < -0.3 is 9.47 Å². The maximum atomic E-state index is 12.0. The number of hydrogen-bond donors (Lipinski definition) is 1. The van der Waals surface area contributed by atoms with Crippen LogP contribution in [0.4, 0.5) is 0 Å². The largest absolute Gasteiger partial charge is 0.497 e. The first-order chi connectivity index (χ1) is 11.0. The lowest BCUT2D eigenvalue weighted by Gasteiger charge is -2.07. The van der Waals surface area contributed by atoms with Crippen molar-refractivity contribution in [3.05, 3.63) is 57.6 Å². The van der Waals surface area contributed by atoms with Gasteiger partial charge in [-0.1, -0.05) is 23.2 Å². The van der Waals surface area contributed by atoms with Gasteiger partial charge in [0.2, 0.25) is 0 Å². The zero-order valence-corrected chi connectivity index (χ0v) is 14.0. The number of halogens is 2. The second kappa shape index (κ2) is 7.85. The number of hydrazone groups is 1. The van der Waals surface area contributed by atoms with Gasteiger partial charge in [-0.05, 0) is 30.3 Å². The number of nitrogens with zero attached hydrogens (tertiary/aromatic N) is 1. The Hall–Kier alpha value is -2.24. The molecular weight excluding hydrogens is 339 g/mol. The topological polar surface area (TPSA) is 59.9 Å². The maximum absolute atomic E-state index is 12.0. The molecule has 0 fully saturated rings. The van der Waals surface area contributed by atoms with Crippen molar-refractivity contribution < 1.29 is 14.3 Å². The molecule has 0 unspecified atom stereocenters. The van der Waals surface area contributed by atoms with Crippen molar-refractivity contribution >= 4 is 35.3 Å². The van der Waals surface area contributed by atoms with Crippen LogP contribution in [0.15, 0.2) is 41.5 Å². The van der Waals surface area contributed by atoms with Gasteiger partial charge in [-0.3, -0.25) is 4.79 Å². The fourth-order valence-electron chi connectivity index (χ4n) is 1.82. The molecule has 0 heterocycles. The minimum atomic E-state index is -0.435. The van der Waals surface area contributed by atoms with Crippen LogP contribution in [-0.2, 0) is 0 Å². The molecule has 0 aliphatic rings. The van der Waals surface area contributed by atoms with Gasteiger partial charge in [0.15, 0.2) is 0 Å². The van der Waals surface area contributed by atoms with E-state index < -0.39 is 5.91 Å². The Kier molecular flexibility index (Phi) is 5.84. The van der Waals surface area contributed by atoms with Crippen LogP contribution in [0.2, 0.25) is 10.0 Å². The summed E-state index contributed by atoms with van der Waals surface area (Å²) in [5, 5.41) is 4.62. The summed E-state index contributed by atoms with van der Waals surface area (Å²) in [7, 11) is 3.11. The van der Waals surface area contributed by atoms with Crippen molar-refractivity contribution in [1.82, 2.24) is 5.43 Å². The first-order valence-corrected chi connectivity index (χ1v) is 7.31. The third kappa shape index (κ3) is 4.37. The lowest BCUT2D eigenvalue weighted by Crippen LogP contribution is -2.18. The molecule has 1 amide bonds. The molecule has 0 saturated heterocycles. The molecule has 2 rings (SSSR count). The van der Waals surface area contributed by atoms with Gasteiger partial charge in [0.25, 0.3) is 5.91 Å². The molecular formula is C16H14Cl2N2O3. The Labute approximate surface area is 143 Å². The quantitative estimate of drug-likeness (QED) is 0.658. The molecule has 120 valence electrons. The normalized spacial score (nSPS) is 10.6. The second-order valence-electron chi connectivity index (χ2n) is 4.43. The van der Waals surface area contributed by atoms with Crippen molar-refractivity contribution in [3.8, 4) is 11.5 Å². The van der Waals surface area contributed by atoms with Gasteiger partial charge in [-0.25, -0.2) is 5.43 Å². The monoisotopic (exact) mass is 352 g/mol. The molecule has 7 heteroatoms. The number of methoxy groups -OCH3 is 2. The van der Waals surface area contributed by atoms with Crippen LogP contribution in [0.25, 0.3) is 0 Å². The molecule has 23 heavy (non-hydrogen) atoms. The van der Waals surface area contributed by atoms with Gasteiger partial charge in [-0.2, -0.15) is 5.10 Å². The molecule has 5 nitrogen and oxygen atoms in total. The zero-order valence-electron chi connectivity index (χ0n) is 12.5. The van der Waals surface area contributed by atoms with Gasteiger partial charge in [0.05, 0.1) is 31.0 Å². The number of amides is 1. The van der Waals surface area contributed by atoms with E-state index in [1.165, 1.54) is 25.5 Å². The Bertz CT molecular complexity index is 748. The van der Waals surface area contributed by atoms with Crippen molar-refractivity contribution in [2.24, 2.45) is 5.10 Å². The molecule has 0 saturated carbocycles. The molecule has 0 aliphatic carbocycles. The average Bonchev–Trinajstić information content (AvgIpc) is 2.54. The number of benzene rings is 2. The highest BCUT2D eigenvalue weighted by molar-refractivity contribution is 6.36. The third-order valence-electron chi connectivity index (χ3n) is 2.99. The van der Waals surface area contributed by atoms with Crippen LogP contribution < -0.4 is 14.9 Å². The predicted molar refractivity (Wildman–Crippen MR) is 91.1 cm³/mol. The highest BCUT2D eigenvalue weighted by atomic mass is 35.5. The molecule has 1 N–H and O–H groups in total. The van der Waals surface area contributed by atoms with Crippen LogP contribution in [0.5, 0.6) is 11.5 Å². The SMILES string of the molecule is COc1ccc(/C=N\NC(=O)c2ccc(Cl)cc2Cl)c(OC)c1. The van der Waals surface area contributed by atoms with Crippen molar-refractivity contribution in [1.29, 1.82) is 0 Å². The van der Waals surface area contributed by atoms with Gasteiger partial charge >= 0.3 is 0 Å². The standard InChI is InChI=1S/C16H14Cl2N2O3/c1-22-12-5-3-10(15(8-12)23-2)9-19-20-16(21)13-6-4-11(17)7-14(13)18/h3-9H,1-2H3,(H,20,21)/b19-9-. The van der Waals surface area contributed by atoms with E-state index in [4.69, 9.17) is 32.7 Å². The third-order valence-corrected chi connectivity index (χ3v) is 3.53. The van der Waals surface area contributed by atoms with E-state index in [9.17, 15) is 4.79 Å². The van der Waals surface area contributed by atoms with Crippen LogP contribution >= 0.6 is 23.2 Å². The van der Waals surface area contributed by atoms with Crippen LogP contribution in [0, 0.1) is 0 Å². The van der Waals surface area contributed by atoms with Crippen LogP contribution in [-0.4, -0.2) is 26.3 Å². The van der Waals surface area contributed by atoms with E-state index >= 15 is 0 Å². The fraction of sp³-hybridized carbons (Fsp3) is 0.125. The Balaban J connectivity index is 2.11. The van der Waals surface area contributed by atoms with E-state index in [-0.39, 0.29) is 10.6 Å². The molecule has 0 radical (unpaired) electrons. The van der Waals surface area contributed by atoms with Crippen LogP contribution in [0.3, 0.4) is 0 Å². The molecule has 2 aromatic rings. The summed E-state index contributed by atoms with van der Waals surface area (Å²) in [6.45, 7) is 0.